The topological polar surface area (TPSA) is 79.4 Å². The van der Waals surface area contributed by atoms with Gasteiger partial charge >= 0.3 is 0 Å². The second kappa shape index (κ2) is 9.30. The molecule has 1 amide bonds. The molecule has 0 saturated carbocycles. The van der Waals surface area contributed by atoms with E-state index in [1.165, 1.54) is 18.5 Å². The van der Waals surface area contributed by atoms with Gasteiger partial charge < -0.3 is 4.90 Å². The average molecular weight is 402 g/mol. The molecular formula is C21H27N3O3S. The predicted octanol–water partition coefficient (Wildman–Crippen LogP) is 2.62. The number of piperidine rings is 1. The highest BCUT2D eigenvalue weighted by atomic mass is 32.2. The van der Waals surface area contributed by atoms with Crippen molar-refractivity contribution in [1.82, 2.24) is 14.6 Å². The van der Waals surface area contributed by atoms with Crippen LogP contribution < -0.4 is 4.72 Å². The lowest BCUT2D eigenvalue weighted by Gasteiger charge is -2.34. The summed E-state index contributed by atoms with van der Waals surface area (Å²) in [7, 11) is -3.84. The minimum Gasteiger partial charge on any atom is -0.341 e. The van der Waals surface area contributed by atoms with Gasteiger partial charge in [-0.05, 0) is 42.9 Å². The zero-order valence-corrected chi connectivity index (χ0v) is 16.9. The first-order chi connectivity index (χ1) is 13.5. The number of hydrogen-bond acceptors (Lipinski definition) is 4. The summed E-state index contributed by atoms with van der Waals surface area (Å²) in [5.74, 6) is 0.481. The number of hydrogen-bond donors (Lipinski definition) is 1. The van der Waals surface area contributed by atoms with Gasteiger partial charge in [-0.1, -0.05) is 43.7 Å². The van der Waals surface area contributed by atoms with Gasteiger partial charge in [0.1, 0.15) is 10.9 Å². The van der Waals surface area contributed by atoms with E-state index in [4.69, 9.17) is 0 Å². The largest absolute Gasteiger partial charge is 0.341 e. The predicted molar refractivity (Wildman–Crippen MR) is 108 cm³/mol. The van der Waals surface area contributed by atoms with Crippen LogP contribution in [0.3, 0.4) is 0 Å². The molecule has 2 aromatic rings. The first-order valence-corrected chi connectivity index (χ1v) is 11.2. The zero-order valence-electron chi connectivity index (χ0n) is 16.1. The molecule has 6 nitrogen and oxygen atoms in total. The summed E-state index contributed by atoms with van der Waals surface area (Å²) in [4.78, 5) is 18.9. The van der Waals surface area contributed by atoms with Crippen LogP contribution in [0.1, 0.15) is 31.7 Å². The molecule has 1 aromatic heterocycles. The monoisotopic (exact) mass is 401 g/mol. The molecule has 1 aromatic carbocycles. The van der Waals surface area contributed by atoms with E-state index < -0.39 is 16.1 Å². The summed E-state index contributed by atoms with van der Waals surface area (Å²) in [5, 5.41) is 0. The van der Waals surface area contributed by atoms with Crippen molar-refractivity contribution in [2.45, 2.75) is 43.5 Å². The van der Waals surface area contributed by atoms with Crippen LogP contribution in [0.25, 0.3) is 0 Å². The second-order valence-electron chi connectivity index (χ2n) is 7.23. The third kappa shape index (κ3) is 5.17. The summed E-state index contributed by atoms with van der Waals surface area (Å²) in [5.41, 5.74) is 0.915. The van der Waals surface area contributed by atoms with E-state index in [0.717, 1.165) is 24.8 Å². The van der Waals surface area contributed by atoms with E-state index >= 15 is 0 Å². The Balaban J connectivity index is 1.80. The van der Waals surface area contributed by atoms with E-state index in [0.29, 0.717) is 25.4 Å². The lowest BCUT2D eigenvalue weighted by Crippen LogP contribution is -2.51. The Morgan fingerprint density at radius 1 is 1.18 bits per heavy atom. The van der Waals surface area contributed by atoms with Crippen molar-refractivity contribution in [3.8, 4) is 0 Å². The molecule has 1 atom stereocenters. The van der Waals surface area contributed by atoms with Gasteiger partial charge in [0.05, 0.1) is 0 Å². The quantitative estimate of drug-likeness (QED) is 0.773. The molecule has 28 heavy (non-hydrogen) atoms. The molecule has 0 unspecified atom stereocenters. The first kappa shape index (κ1) is 20.5. The van der Waals surface area contributed by atoms with Crippen LogP contribution in [0.5, 0.6) is 0 Å². The fourth-order valence-corrected chi connectivity index (χ4v) is 4.72. The van der Waals surface area contributed by atoms with Gasteiger partial charge in [-0.3, -0.25) is 9.78 Å². The number of pyridine rings is 1. The molecule has 1 N–H and O–H groups in total. The highest BCUT2D eigenvalue weighted by molar-refractivity contribution is 7.89. The van der Waals surface area contributed by atoms with E-state index in [9.17, 15) is 13.2 Å². The van der Waals surface area contributed by atoms with Gasteiger partial charge in [0.2, 0.25) is 15.9 Å². The number of aromatic nitrogens is 1. The van der Waals surface area contributed by atoms with Crippen LogP contribution in [0, 0.1) is 5.92 Å². The second-order valence-corrected chi connectivity index (χ2v) is 8.94. The van der Waals surface area contributed by atoms with Crippen molar-refractivity contribution in [3.05, 3.63) is 60.4 Å². The lowest BCUT2D eigenvalue weighted by atomic mass is 9.94. The Kier molecular flexibility index (Phi) is 6.80. The maximum absolute atomic E-state index is 13.2. The van der Waals surface area contributed by atoms with Crippen LogP contribution in [-0.2, 0) is 21.2 Å². The third-order valence-corrected chi connectivity index (χ3v) is 6.78. The van der Waals surface area contributed by atoms with Crippen molar-refractivity contribution < 1.29 is 13.2 Å². The SMILES string of the molecule is CCC1CCN(C(=O)[C@H](Cc2ccccc2)NS(=O)(=O)c2cccnc2)CC1. The van der Waals surface area contributed by atoms with Crippen molar-refractivity contribution in [1.29, 1.82) is 0 Å². The minimum atomic E-state index is -3.84. The highest BCUT2D eigenvalue weighted by Crippen LogP contribution is 2.21. The molecule has 1 fully saturated rings. The van der Waals surface area contributed by atoms with Crippen LogP contribution >= 0.6 is 0 Å². The maximum atomic E-state index is 13.2. The number of likely N-dealkylation sites (tertiary alicyclic amines) is 1. The summed E-state index contributed by atoms with van der Waals surface area (Å²) in [6, 6.07) is 11.7. The van der Waals surface area contributed by atoms with E-state index in [1.807, 2.05) is 30.3 Å². The number of carbonyl (C=O) groups is 1. The molecule has 0 spiro atoms. The normalized spacial score (nSPS) is 16.7. The minimum absolute atomic E-state index is 0.0607. The number of amides is 1. The molecule has 7 heteroatoms. The smallest absolute Gasteiger partial charge is 0.242 e. The van der Waals surface area contributed by atoms with Gasteiger partial charge in [-0.2, -0.15) is 4.72 Å². The van der Waals surface area contributed by atoms with Crippen molar-refractivity contribution in [3.63, 3.8) is 0 Å². The standard InChI is InChI=1S/C21H27N3O3S/c1-2-17-10-13-24(14-11-17)21(25)20(15-18-7-4-3-5-8-18)23-28(26,27)19-9-6-12-22-16-19/h3-9,12,16-17,20,23H,2,10-11,13-15H2,1H3/t20-/m0/s1. The zero-order chi connectivity index (χ0) is 20.0. The molecule has 2 heterocycles. The molecular weight excluding hydrogens is 374 g/mol. The molecule has 1 aliphatic rings. The van der Waals surface area contributed by atoms with Crippen molar-refractivity contribution in [2.75, 3.05) is 13.1 Å². The van der Waals surface area contributed by atoms with Crippen LogP contribution in [0.4, 0.5) is 0 Å². The Morgan fingerprint density at radius 3 is 2.50 bits per heavy atom. The maximum Gasteiger partial charge on any atom is 0.242 e. The highest BCUT2D eigenvalue weighted by Gasteiger charge is 2.31. The van der Waals surface area contributed by atoms with Gasteiger partial charge in [0.25, 0.3) is 0 Å². The number of nitrogens with zero attached hydrogens (tertiary/aromatic N) is 2. The summed E-state index contributed by atoms with van der Waals surface area (Å²) < 4.78 is 28.2. The van der Waals surface area contributed by atoms with Crippen LogP contribution in [0.15, 0.2) is 59.8 Å². The number of nitrogens with one attached hydrogen (secondary N) is 1. The fourth-order valence-electron chi connectivity index (χ4n) is 3.57. The molecule has 150 valence electrons. The molecule has 1 saturated heterocycles. The Labute approximate surface area is 167 Å². The van der Waals surface area contributed by atoms with Crippen LogP contribution in [0.2, 0.25) is 0 Å². The van der Waals surface area contributed by atoms with E-state index in [-0.39, 0.29) is 10.8 Å². The number of rotatable bonds is 7. The van der Waals surface area contributed by atoms with E-state index in [1.54, 1.807) is 11.0 Å². The summed E-state index contributed by atoms with van der Waals surface area (Å²) in [6.07, 6.45) is 6.17. The third-order valence-electron chi connectivity index (χ3n) is 5.33. The average Bonchev–Trinajstić information content (AvgIpc) is 2.74. The van der Waals surface area contributed by atoms with Crippen molar-refractivity contribution in [2.24, 2.45) is 5.92 Å². The van der Waals surface area contributed by atoms with Gasteiger partial charge in [0.15, 0.2) is 0 Å². The summed E-state index contributed by atoms with van der Waals surface area (Å²) in [6.45, 7) is 3.52. The first-order valence-electron chi connectivity index (χ1n) is 9.74. The van der Waals surface area contributed by atoms with E-state index in [2.05, 4.69) is 16.6 Å². The Bertz CT molecular complexity index is 864. The molecule has 0 radical (unpaired) electrons. The fraction of sp³-hybridized carbons (Fsp3) is 0.429. The van der Waals surface area contributed by atoms with Gasteiger partial charge in [-0.15, -0.1) is 0 Å². The number of benzene rings is 1. The Hall–Kier alpha value is -2.25. The van der Waals surface area contributed by atoms with Crippen LogP contribution in [-0.4, -0.2) is 43.3 Å². The lowest BCUT2D eigenvalue weighted by molar-refractivity contribution is -0.134. The molecule has 3 rings (SSSR count). The molecule has 0 aliphatic carbocycles. The molecule has 0 bridgehead atoms. The molecule has 1 aliphatic heterocycles. The van der Waals surface area contributed by atoms with Crippen molar-refractivity contribution >= 4 is 15.9 Å². The van der Waals surface area contributed by atoms with Gasteiger partial charge in [-0.25, -0.2) is 8.42 Å². The van der Waals surface area contributed by atoms with Gasteiger partial charge in [0, 0.05) is 25.5 Å². The summed E-state index contributed by atoms with van der Waals surface area (Å²) >= 11 is 0. The number of sulfonamides is 1. The Morgan fingerprint density at radius 2 is 1.89 bits per heavy atom. The number of carbonyl (C=O) groups excluding carboxylic acids is 1.